The van der Waals surface area contributed by atoms with Crippen LogP contribution in [0.15, 0.2) is 24.3 Å². The Balaban J connectivity index is 2.12. The fraction of sp³-hybridized carbons (Fsp3) is 0.375. The van der Waals surface area contributed by atoms with Gasteiger partial charge in [0.2, 0.25) is 5.91 Å². The second-order valence-corrected chi connectivity index (χ2v) is 2.77. The van der Waals surface area contributed by atoms with Crippen molar-refractivity contribution in [1.82, 2.24) is 10.6 Å². The minimum Gasteiger partial charge on any atom is -0.347 e. The van der Waals surface area contributed by atoms with Gasteiger partial charge in [-0.05, 0) is 0 Å². The first kappa shape index (κ1) is 6.61. The Labute approximate surface area is 65.2 Å². The summed E-state index contributed by atoms with van der Waals surface area (Å²) < 4.78 is 0. The highest BCUT2D eigenvalue weighted by molar-refractivity contribution is 5.80. The van der Waals surface area contributed by atoms with Crippen LogP contribution in [0.25, 0.3) is 0 Å². The van der Waals surface area contributed by atoms with Crippen molar-refractivity contribution in [3.05, 3.63) is 24.3 Å². The van der Waals surface area contributed by atoms with Gasteiger partial charge in [0.15, 0.2) is 0 Å². The summed E-state index contributed by atoms with van der Waals surface area (Å²) in [7, 11) is 0. The highest BCUT2D eigenvalue weighted by atomic mass is 16.2. The second kappa shape index (κ2) is 2.51. The zero-order valence-corrected chi connectivity index (χ0v) is 6.08. The molecule has 11 heavy (non-hydrogen) atoms. The van der Waals surface area contributed by atoms with Gasteiger partial charge in [0.25, 0.3) is 0 Å². The van der Waals surface area contributed by atoms with Gasteiger partial charge in [0.1, 0.15) is 0 Å². The lowest BCUT2D eigenvalue weighted by molar-refractivity contribution is -0.122. The number of carbonyl (C=O) groups is 1. The minimum atomic E-state index is 0.0752. The molecule has 0 aromatic carbocycles. The maximum atomic E-state index is 10.9. The molecule has 0 saturated carbocycles. The smallest absolute Gasteiger partial charge is 0.234 e. The first-order valence-electron chi connectivity index (χ1n) is 3.74. The van der Waals surface area contributed by atoms with Crippen LogP contribution in [0.1, 0.15) is 0 Å². The standard InChI is InChI=1S/C8H10N2O/c11-8-5-9-6-3-1-2-4-7(6)10-8/h1-4,6-7,9H,5H2,(H,10,11). The van der Waals surface area contributed by atoms with E-state index < -0.39 is 0 Å². The number of carbonyl (C=O) groups excluding carboxylic acids is 1. The molecule has 0 spiro atoms. The number of fused-ring (bicyclic) bond motifs is 1. The lowest BCUT2D eigenvalue weighted by Gasteiger charge is -2.30. The Bertz CT molecular complexity index is 232. The fourth-order valence-corrected chi connectivity index (χ4v) is 1.39. The molecule has 3 heteroatoms. The van der Waals surface area contributed by atoms with Crippen molar-refractivity contribution >= 4 is 5.91 Å². The zero-order valence-electron chi connectivity index (χ0n) is 6.08. The molecule has 1 aliphatic heterocycles. The molecule has 2 aliphatic rings. The van der Waals surface area contributed by atoms with Gasteiger partial charge in [0, 0.05) is 6.04 Å². The van der Waals surface area contributed by atoms with E-state index in [1.165, 1.54) is 0 Å². The molecule has 3 nitrogen and oxygen atoms in total. The van der Waals surface area contributed by atoms with Crippen molar-refractivity contribution in [3.63, 3.8) is 0 Å². The summed E-state index contributed by atoms with van der Waals surface area (Å²) in [5.74, 6) is 0.0752. The molecule has 0 bridgehead atoms. The predicted molar refractivity (Wildman–Crippen MR) is 42.0 cm³/mol. The molecule has 2 rings (SSSR count). The van der Waals surface area contributed by atoms with E-state index in [4.69, 9.17) is 0 Å². The average molecular weight is 150 g/mol. The highest BCUT2D eigenvalue weighted by Crippen LogP contribution is 2.06. The van der Waals surface area contributed by atoms with Gasteiger partial charge in [0.05, 0.1) is 12.6 Å². The van der Waals surface area contributed by atoms with Crippen LogP contribution >= 0.6 is 0 Å². The van der Waals surface area contributed by atoms with Crippen molar-refractivity contribution in [2.45, 2.75) is 12.1 Å². The van der Waals surface area contributed by atoms with Crippen LogP contribution in [-0.2, 0) is 4.79 Å². The molecule has 1 heterocycles. The number of allylic oxidation sites excluding steroid dienone is 2. The van der Waals surface area contributed by atoms with Crippen LogP contribution in [0, 0.1) is 0 Å². The molecule has 58 valence electrons. The molecular formula is C8H10N2O. The molecule has 0 aromatic rings. The zero-order chi connectivity index (χ0) is 7.68. The van der Waals surface area contributed by atoms with Crippen LogP contribution in [-0.4, -0.2) is 24.5 Å². The van der Waals surface area contributed by atoms with Crippen molar-refractivity contribution in [2.24, 2.45) is 0 Å². The summed E-state index contributed by atoms with van der Waals surface area (Å²) in [5.41, 5.74) is 0. The summed E-state index contributed by atoms with van der Waals surface area (Å²) in [4.78, 5) is 10.9. The van der Waals surface area contributed by atoms with Crippen LogP contribution in [0.5, 0.6) is 0 Å². The number of nitrogens with one attached hydrogen (secondary N) is 2. The molecule has 1 amide bonds. The Hall–Kier alpha value is -1.09. The third-order valence-corrected chi connectivity index (χ3v) is 1.96. The van der Waals surface area contributed by atoms with Gasteiger partial charge in [-0.1, -0.05) is 24.3 Å². The van der Waals surface area contributed by atoms with Gasteiger partial charge < -0.3 is 5.32 Å². The second-order valence-electron chi connectivity index (χ2n) is 2.77. The SMILES string of the molecule is O=C1CNC2C=CC=CC2N1. The lowest BCUT2D eigenvalue weighted by Crippen LogP contribution is -2.57. The molecule has 1 saturated heterocycles. The van der Waals surface area contributed by atoms with E-state index in [2.05, 4.69) is 16.7 Å². The number of hydrogen-bond donors (Lipinski definition) is 2. The van der Waals surface area contributed by atoms with E-state index in [9.17, 15) is 4.79 Å². The first-order chi connectivity index (χ1) is 5.36. The maximum absolute atomic E-state index is 10.9. The van der Waals surface area contributed by atoms with E-state index in [1.54, 1.807) is 0 Å². The Morgan fingerprint density at radius 1 is 1.27 bits per heavy atom. The van der Waals surface area contributed by atoms with Crippen LogP contribution in [0.3, 0.4) is 0 Å². The molecule has 1 fully saturated rings. The predicted octanol–water partition coefficient (Wildman–Crippen LogP) is -0.431. The van der Waals surface area contributed by atoms with E-state index in [1.807, 2.05) is 18.2 Å². The molecule has 0 aromatic heterocycles. The maximum Gasteiger partial charge on any atom is 0.234 e. The minimum absolute atomic E-state index is 0.0752. The van der Waals surface area contributed by atoms with E-state index in [0.29, 0.717) is 6.54 Å². The molecule has 2 atom stereocenters. The largest absolute Gasteiger partial charge is 0.347 e. The summed E-state index contributed by atoms with van der Waals surface area (Å²) in [6.07, 6.45) is 8.00. The highest BCUT2D eigenvalue weighted by Gasteiger charge is 2.24. The number of piperazine rings is 1. The Kier molecular flexibility index (Phi) is 1.51. The summed E-state index contributed by atoms with van der Waals surface area (Å²) >= 11 is 0. The van der Waals surface area contributed by atoms with Gasteiger partial charge in [-0.2, -0.15) is 0 Å². The third kappa shape index (κ3) is 1.19. The van der Waals surface area contributed by atoms with Crippen molar-refractivity contribution in [2.75, 3.05) is 6.54 Å². The average Bonchev–Trinajstić information content (AvgIpc) is 2.04. The first-order valence-corrected chi connectivity index (χ1v) is 3.74. The van der Waals surface area contributed by atoms with Gasteiger partial charge in [-0.3, -0.25) is 10.1 Å². The summed E-state index contributed by atoms with van der Waals surface area (Å²) in [6, 6.07) is 0.443. The van der Waals surface area contributed by atoms with Crippen LogP contribution in [0.2, 0.25) is 0 Å². The van der Waals surface area contributed by atoms with Gasteiger partial charge >= 0.3 is 0 Å². The van der Waals surface area contributed by atoms with Gasteiger partial charge in [-0.25, -0.2) is 0 Å². The Morgan fingerprint density at radius 3 is 2.82 bits per heavy atom. The van der Waals surface area contributed by atoms with Crippen LogP contribution in [0.4, 0.5) is 0 Å². The summed E-state index contributed by atoms with van der Waals surface area (Å²) in [6.45, 7) is 0.430. The van der Waals surface area contributed by atoms with Crippen molar-refractivity contribution in [1.29, 1.82) is 0 Å². The normalized spacial score (nSPS) is 34.7. The van der Waals surface area contributed by atoms with E-state index in [-0.39, 0.29) is 18.0 Å². The van der Waals surface area contributed by atoms with Crippen molar-refractivity contribution < 1.29 is 4.79 Å². The molecular weight excluding hydrogens is 140 g/mol. The molecule has 2 N–H and O–H groups in total. The lowest BCUT2D eigenvalue weighted by atomic mass is 10.0. The van der Waals surface area contributed by atoms with E-state index in [0.717, 1.165) is 0 Å². The quantitative estimate of drug-likeness (QED) is 0.492. The topological polar surface area (TPSA) is 41.1 Å². The summed E-state index contributed by atoms with van der Waals surface area (Å²) in [5, 5.41) is 6.00. The van der Waals surface area contributed by atoms with E-state index >= 15 is 0 Å². The fourth-order valence-electron chi connectivity index (χ4n) is 1.39. The number of amides is 1. The third-order valence-electron chi connectivity index (χ3n) is 1.96. The molecule has 2 unspecified atom stereocenters. The van der Waals surface area contributed by atoms with Crippen molar-refractivity contribution in [3.8, 4) is 0 Å². The van der Waals surface area contributed by atoms with Gasteiger partial charge in [-0.15, -0.1) is 0 Å². The molecule has 0 radical (unpaired) electrons. The van der Waals surface area contributed by atoms with Crippen LogP contribution < -0.4 is 10.6 Å². The number of hydrogen-bond acceptors (Lipinski definition) is 2. The number of rotatable bonds is 0. The molecule has 1 aliphatic carbocycles. The Morgan fingerprint density at radius 2 is 2.00 bits per heavy atom. The monoisotopic (exact) mass is 150 g/mol.